The van der Waals surface area contributed by atoms with Gasteiger partial charge in [0, 0.05) is 6.54 Å². The van der Waals surface area contributed by atoms with Crippen LogP contribution in [0.1, 0.15) is 76.1 Å². The van der Waals surface area contributed by atoms with E-state index in [1.54, 1.807) is 0 Å². The highest BCUT2D eigenvalue weighted by atomic mass is 16.5. The van der Waals surface area contributed by atoms with Crippen LogP contribution in [0.3, 0.4) is 0 Å². The number of hydrogen-bond acceptors (Lipinski definition) is 2. The van der Waals surface area contributed by atoms with Crippen molar-refractivity contribution in [2.75, 3.05) is 0 Å². The number of aryl methyl sites for hydroxylation is 2. The highest BCUT2D eigenvalue weighted by molar-refractivity contribution is 5.75. The van der Waals surface area contributed by atoms with Gasteiger partial charge >= 0.3 is 0 Å². The molecule has 0 bridgehead atoms. The monoisotopic (exact) mass is 392 g/mol. The SMILES string of the molecule is CCCCCCCCCCCn1c(COc2ccccc2C)nc2ccccc21. The van der Waals surface area contributed by atoms with Crippen LogP contribution < -0.4 is 4.74 Å². The third kappa shape index (κ3) is 6.35. The Labute approximate surface area is 176 Å². The minimum Gasteiger partial charge on any atom is -0.485 e. The van der Waals surface area contributed by atoms with E-state index in [0.29, 0.717) is 6.61 Å². The molecule has 3 heteroatoms. The third-order valence-electron chi connectivity index (χ3n) is 5.67. The van der Waals surface area contributed by atoms with Gasteiger partial charge in [0.2, 0.25) is 0 Å². The second kappa shape index (κ2) is 11.6. The summed E-state index contributed by atoms with van der Waals surface area (Å²) in [7, 11) is 0. The van der Waals surface area contributed by atoms with Crippen molar-refractivity contribution in [1.29, 1.82) is 0 Å². The van der Waals surface area contributed by atoms with Crippen molar-refractivity contribution in [2.24, 2.45) is 0 Å². The molecular formula is C26H36N2O. The molecule has 0 N–H and O–H groups in total. The van der Waals surface area contributed by atoms with Crippen LogP contribution in [-0.2, 0) is 13.2 Å². The van der Waals surface area contributed by atoms with Gasteiger partial charge in [-0.05, 0) is 37.1 Å². The quantitative estimate of drug-likeness (QED) is 0.282. The van der Waals surface area contributed by atoms with Crippen LogP contribution in [0.15, 0.2) is 48.5 Å². The first-order valence-electron chi connectivity index (χ1n) is 11.4. The molecule has 0 saturated heterocycles. The van der Waals surface area contributed by atoms with E-state index in [1.807, 2.05) is 18.2 Å². The van der Waals surface area contributed by atoms with Crippen molar-refractivity contribution in [2.45, 2.75) is 84.8 Å². The molecule has 3 nitrogen and oxygen atoms in total. The van der Waals surface area contributed by atoms with Crippen LogP contribution in [-0.4, -0.2) is 9.55 Å². The topological polar surface area (TPSA) is 27.1 Å². The van der Waals surface area contributed by atoms with Crippen LogP contribution in [0.2, 0.25) is 0 Å². The molecule has 0 fully saturated rings. The van der Waals surface area contributed by atoms with E-state index in [0.717, 1.165) is 29.2 Å². The molecule has 0 aliphatic heterocycles. The molecule has 0 radical (unpaired) electrons. The Bertz CT molecular complexity index is 868. The van der Waals surface area contributed by atoms with Gasteiger partial charge in [-0.15, -0.1) is 0 Å². The molecular weight excluding hydrogens is 356 g/mol. The van der Waals surface area contributed by atoms with Crippen LogP contribution in [0, 0.1) is 6.92 Å². The predicted molar refractivity (Wildman–Crippen MR) is 122 cm³/mol. The second-order valence-corrected chi connectivity index (χ2v) is 8.05. The predicted octanol–water partition coefficient (Wildman–Crippen LogP) is 7.45. The molecule has 0 saturated carbocycles. The number of aromatic nitrogens is 2. The first-order chi connectivity index (χ1) is 14.3. The first-order valence-corrected chi connectivity index (χ1v) is 11.4. The number of imidazole rings is 1. The molecule has 1 heterocycles. The zero-order valence-electron chi connectivity index (χ0n) is 18.2. The molecule has 29 heavy (non-hydrogen) atoms. The van der Waals surface area contributed by atoms with E-state index >= 15 is 0 Å². The first kappa shape index (κ1) is 21.4. The maximum Gasteiger partial charge on any atom is 0.147 e. The molecule has 0 atom stereocenters. The lowest BCUT2D eigenvalue weighted by molar-refractivity contribution is 0.287. The average Bonchev–Trinajstić information content (AvgIpc) is 3.09. The Kier molecular flexibility index (Phi) is 8.60. The number of unbranched alkanes of at least 4 members (excludes halogenated alkanes) is 8. The molecule has 3 aromatic rings. The summed E-state index contributed by atoms with van der Waals surface area (Å²) in [5.74, 6) is 1.96. The Hall–Kier alpha value is -2.29. The highest BCUT2D eigenvalue weighted by Crippen LogP contribution is 2.21. The van der Waals surface area contributed by atoms with Gasteiger partial charge in [0.25, 0.3) is 0 Å². The van der Waals surface area contributed by atoms with Crippen molar-refractivity contribution >= 4 is 11.0 Å². The number of ether oxygens (including phenoxy) is 1. The van der Waals surface area contributed by atoms with Crippen LogP contribution in [0.25, 0.3) is 11.0 Å². The maximum absolute atomic E-state index is 6.10. The Morgan fingerprint density at radius 1 is 0.793 bits per heavy atom. The second-order valence-electron chi connectivity index (χ2n) is 8.05. The summed E-state index contributed by atoms with van der Waals surface area (Å²) < 4.78 is 8.46. The lowest BCUT2D eigenvalue weighted by Crippen LogP contribution is -2.08. The number of fused-ring (bicyclic) bond motifs is 1. The summed E-state index contributed by atoms with van der Waals surface area (Å²) in [6.45, 7) is 5.89. The van der Waals surface area contributed by atoms with E-state index < -0.39 is 0 Å². The van der Waals surface area contributed by atoms with Crippen molar-refractivity contribution in [3.05, 3.63) is 59.9 Å². The number of hydrogen-bond donors (Lipinski definition) is 0. The summed E-state index contributed by atoms with van der Waals surface area (Å²) in [5.41, 5.74) is 3.44. The van der Waals surface area contributed by atoms with Gasteiger partial charge in [-0.3, -0.25) is 0 Å². The van der Waals surface area contributed by atoms with Gasteiger partial charge in [-0.25, -0.2) is 4.98 Å². The third-order valence-corrected chi connectivity index (χ3v) is 5.67. The number of rotatable bonds is 13. The molecule has 1 aromatic heterocycles. The molecule has 0 aliphatic rings. The highest BCUT2D eigenvalue weighted by Gasteiger charge is 2.11. The number of benzene rings is 2. The summed E-state index contributed by atoms with van der Waals surface area (Å²) in [4.78, 5) is 4.85. The van der Waals surface area contributed by atoms with Gasteiger partial charge < -0.3 is 9.30 Å². The van der Waals surface area contributed by atoms with E-state index in [2.05, 4.69) is 48.7 Å². The molecule has 0 aliphatic carbocycles. The van der Waals surface area contributed by atoms with Crippen molar-refractivity contribution in [3.63, 3.8) is 0 Å². The van der Waals surface area contributed by atoms with Crippen molar-refractivity contribution in [3.8, 4) is 5.75 Å². The lowest BCUT2D eigenvalue weighted by Gasteiger charge is -2.12. The van der Waals surface area contributed by atoms with Gasteiger partial charge in [0.1, 0.15) is 18.2 Å². The van der Waals surface area contributed by atoms with E-state index in [9.17, 15) is 0 Å². The molecule has 0 amide bonds. The summed E-state index contributed by atoms with van der Waals surface area (Å²) in [6.07, 6.45) is 12.1. The standard InChI is InChI=1S/C26H36N2O/c1-3-4-5-6-7-8-9-10-15-20-28-24-18-13-12-17-23(24)27-26(28)21-29-25-19-14-11-16-22(25)2/h11-14,16-19H,3-10,15,20-21H2,1-2H3. The van der Waals surface area contributed by atoms with Crippen molar-refractivity contribution in [1.82, 2.24) is 9.55 Å². The molecule has 156 valence electrons. The zero-order valence-corrected chi connectivity index (χ0v) is 18.2. The molecule has 0 spiro atoms. The minimum atomic E-state index is 0.511. The maximum atomic E-state index is 6.10. The fourth-order valence-electron chi connectivity index (χ4n) is 3.93. The van der Waals surface area contributed by atoms with Crippen LogP contribution >= 0.6 is 0 Å². The minimum absolute atomic E-state index is 0.511. The van der Waals surface area contributed by atoms with Gasteiger partial charge in [0.15, 0.2) is 0 Å². The average molecular weight is 393 g/mol. The van der Waals surface area contributed by atoms with Crippen LogP contribution in [0.5, 0.6) is 5.75 Å². The fraction of sp³-hybridized carbons (Fsp3) is 0.500. The Morgan fingerprint density at radius 2 is 1.45 bits per heavy atom. The molecule has 3 rings (SSSR count). The Morgan fingerprint density at radius 3 is 2.21 bits per heavy atom. The van der Waals surface area contributed by atoms with E-state index in [4.69, 9.17) is 9.72 Å². The normalized spacial score (nSPS) is 11.2. The lowest BCUT2D eigenvalue weighted by atomic mass is 10.1. The van der Waals surface area contributed by atoms with E-state index in [1.165, 1.54) is 63.3 Å². The van der Waals surface area contributed by atoms with Crippen LogP contribution in [0.4, 0.5) is 0 Å². The molecule has 0 unspecified atom stereocenters. The number of nitrogens with zero attached hydrogens (tertiary/aromatic N) is 2. The molecule has 2 aromatic carbocycles. The summed E-state index contributed by atoms with van der Waals surface area (Å²) >= 11 is 0. The van der Waals surface area contributed by atoms with Gasteiger partial charge in [-0.2, -0.15) is 0 Å². The van der Waals surface area contributed by atoms with Gasteiger partial charge in [-0.1, -0.05) is 88.6 Å². The summed E-state index contributed by atoms with van der Waals surface area (Å²) in [6, 6.07) is 16.6. The smallest absolute Gasteiger partial charge is 0.147 e. The largest absolute Gasteiger partial charge is 0.485 e. The van der Waals surface area contributed by atoms with Gasteiger partial charge in [0.05, 0.1) is 11.0 Å². The fourth-order valence-corrected chi connectivity index (χ4v) is 3.93. The van der Waals surface area contributed by atoms with E-state index in [-0.39, 0.29) is 0 Å². The van der Waals surface area contributed by atoms with Crippen molar-refractivity contribution < 1.29 is 4.74 Å². The summed E-state index contributed by atoms with van der Waals surface area (Å²) in [5, 5.41) is 0. The number of para-hydroxylation sites is 3. The Balaban J connectivity index is 1.54. The zero-order chi connectivity index (χ0) is 20.3.